The lowest BCUT2D eigenvalue weighted by Crippen LogP contribution is -2.38. The van der Waals surface area contributed by atoms with Crippen molar-refractivity contribution in [3.05, 3.63) is 53.7 Å². The second-order valence-electron chi connectivity index (χ2n) is 7.76. The molecule has 10 heteroatoms. The topological polar surface area (TPSA) is 61.8 Å². The zero-order chi connectivity index (χ0) is 23.0. The zero-order valence-corrected chi connectivity index (χ0v) is 21.2. The summed E-state index contributed by atoms with van der Waals surface area (Å²) < 4.78 is 41.4. The Morgan fingerprint density at radius 3 is 2.61 bits per heavy atom. The second-order valence-corrected chi connectivity index (χ2v) is 7.76. The summed E-state index contributed by atoms with van der Waals surface area (Å²) in [6.07, 6.45) is -0.442. The number of aromatic nitrogens is 1. The molecule has 1 aromatic heterocycles. The van der Waals surface area contributed by atoms with Crippen LogP contribution < -0.4 is 20.3 Å². The maximum absolute atomic E-state index is 12.2. The first kappa shape index (κ1) is 27.0. The summed E-state index contributed by atoms with van der Waals surface area (Å²) in [4.78, 5) is 10.9. The van der Waals surface area contributed by atoms with E-state index in [1.807, 2.05) is 6.92 Å². The highest BCUT2D eigenvalue weighted by Gasteiger charge is 2.28. The molecule has 6 nitrogen and oxygen atoms in total. The lowest BCUT2D eigenvalue weighted by atomic mass is 10.1. The SMILES string of the molecule is CCNC(=NCc1ccc(OCC(F)(F)F)nc1)NC(C)c1cccc(N2CCCC2)c1.I. The normalized spacial score (nSPS) is 15.1. The Labute approximate surface area is 210 Å². The molecule has 0 spiro atoms. The highest BCUT2D eigenvalue weighted by Crippen LogP contribution is 2.24. The lowest BCUT2D eigenvalue weighted by Gasteiger charge is -2.22. The van der Waals surface area contributed by atoms with Crippen LogP contribution in [-0.2, 0) is 6.54 Å². The molecule has 1 fully saturated rings. The Balaban J connectivity index is 0.00000385. The third-order valence-corrected chi connectivity index (χ3v) is 5.14. The fourth-order valence-electron chi connectivity index (χ4n) is 3.49. The van der Waals surface area contributed by atoms with Crippen LogP contribution >= 0.6 is 24.0 Å². The molecule has 0 bridgehead atoms. The van der Waals surface area contributed by atoms with Gasteiger partial charge < -0.3 is 20.3 Å². The van der Waals surface area contributed by atoms with Gasteiger partial charge in [-0.25, -0.2) is 9.98 Å². The molecule has 1 aromatic carbocycles. The molecule has 182 valence electrons. The predicted molar refractivity (Wildman–Crippen MR) is 135 cm³/mol. The van der Waals surface area contributed by atoms with E-state index in [0.717, 1.165) is 18.7 Å². The van der Waals surface area contributed by atoms with Crippen LogP contribution in [0.15, 0.2) is 47.6 Å². The molecule has 0 amide bonds. The number of guanidine groups is 1. The van der Waals surface area contributed by atoms with Gasteiger partial charge in [0.2, 0.25) is 5.88 Å². The number of halogens is 4. The number of benzene rings is 1. The Kier molecular flexibility index (Phi) is 10.5. The van der Waals surface area contributed by atoms with Crippen LogP contribution in [0.25, 0.3) is 0 Å². The van der Waals surface area contributed by atoms with Gasteiger partial charge in [-0.2, -0.15) is 13.2 Å². The maximum atomic E-state index is 12.2. The predicted octanol–water partition coefficient (Wildman–Crippen LogP) is 5.06. The Morgan fingerprint density at radius 1 is 1.21 bits per heavy atom. The molecule has 2 aromatic rings. The minimum atomic E-state index is -4.39. The van der Waals surface area contributed by atoms with Crippen molar-refractivity contribution < 1.29 is 17.9 Å². The number of alkyl halides is 3. The molecule has 1 aliphatic heterocycles. The van der Waals surface area contributed by atoms with Crippen molar-refractivity contribution in [3.63, 3.8) is 0 Å². The Bertz CT molecular complexity index is 886. The van der Waals surface area contributed by atoms with Crippen molar-refractivity contribution in [3.8, 4) is 5.88 Å². The van der Waals surface area contributed by atoms with E-state index < -0.39 is 12.8 Å². The quantitative estimate of drug-likeness (QED) is 0.261. The van der Waals surface area contributed by atoms with Crippen molar-refractivity contribution in [2.45, 2.75) is 45.5 Å². The highest BCUT2D eigenvalue weighted by molar-refractivity contribution is 14.0. The number of hydrogen-bond acceptors (Lipinski definition) is 4. The highest BCUT2D eigenvalue weighted by atomic mass is 127. The average Bonchev–Trinajstić information content (AvgIpc) is 3.31. The summed E-state index contributed by atoms with van der Waals surface area (Å²) in [7, 11) is 0. The largest absolute Gasteiger partial charge is 0.468 e. The van der Waals surface area contributed by atoms with Crippen LogP contribution in [0.4, 0.5) is 18.9 Å². The number of aliphatic imine (C=N–C) groups is 1. The molecular weight excluding hydrogens is 546 g/mol. The molecule has 0 saturated carbocycles. The first-order valence-electron chi connectivity index (χ1n) is 10.9. The van der Waals surface area contributed by atoms with E-state index in [0.29, 0.717) is 19.0 Å². The molecule has 1 saturated heterocycles. The summed E-state index contributed by atoms with van der Waals surface area (Å²) in [5.74, 6) is 0.593. The van der Waals surface area contributed by atoms with Gasteiger partial charge in [0, 0.05) is 37.6 Å². The summed E-state index contributed by atoms with van der Waals surface area (Å²) in [6.45, 7) is 5.96. The van der Waals surface area contributed by atoms with Crippen LogP contribution in [-0.4, -0.2) is 43.4 Å². The van der Waals surface area contributed by atoms with E-state index in [2.05, 4.69) is 61.4 Å². The molecule has 1 aliphatic rings. The van der Waals surface area contributed by atoms with E-state index >= 15 is 0 Å². The van der Waals surface area contributed by atoms with Crippen molar-refractivity contribution in [1.29, 1.82) is 0 Å². The molecule has 2 N–H and O–H groups in total. The van der Waals surface area contributed by atoms with E-state index in [1.54, 1.807) is 6.07 Å². The fourth-order valence-corrected chi connectivity index (χ4v) is 3.49. The Hall–Kier alpha value is -2.24. The van der Waals surface area contributed by atoms with E-state index in [9.17, 15) is 13.2 Å². The number of nitrogens with one attached hydrogen (secondary N) is 2. The van der Waals surface area contributed by atoms with Crippen LogP contribution in [0.5, 0.6) is 5.88 Å². The van der Waals surface area contributed by atoms with Gasteiger partial charge in [0.25, 0.3) is 0 Å². The van der Waals surface area contributed by atoms with Gasteiger partial charge in [0.15, 0.2) is 12.6 Å². The first-order chi connectivity index (χ1) is 15.3. The number of rotatable bonds is 8. The van der Waals surface area contributed by atoms with Crippen LogP contribution in [0.2, 0.25) is 0 Å². The van der Waals surface area contributed by atoms with E-state index in [1.165, 1.54) is 36.4 Å². The lowest BCUT2D eigenvalue weighted by molar-refractivity contribution is -0.154. The second kappa shape index (κ2) is 12.9. The van der Waals surface area contributed by atoms with Crippen molar-refractivity contribution in [1.82, 2.24) is 15.6 Å². The van der Waals surface area contributed by atoms with Crippen LogP contribution in [0.1, 0.15) is 43.9 Å². The summed E-state index contributed by atoms with van der Waals surface area (Å²) in [5.41, 5.74) is 3.19. The standard InChI is InChI=1S/C23H30F3N5O.HI/c1-3-27-22(29-15-18-9-10-21(28-14-18)32-16-23(24,25)26)30-17(2)19-7-6-8-20(13-19)31-11-4-5-12-31;/h6-10,13-14,17H,3-5,11-12,15-16H2,1-2H3,(H2,27,29,30);1H. The van der Waals surface area contributed by atoms with Crippen molar-refractivity contribution >= 4 is 35.6 Å². The van der Waals surface area contributed by atoms with Gasteiger partial charge in [-0.05, 0) is 49.9 Å². The summed E-state index contributed by atoms with van der Waals surface area (Å²) >= 11 is 0. The molecule has 0 aliphatic carbocycles. The van der Waals surface area contributed by atoms with Gasteiger partial charge in [-0.3, -0.25) is 0 Å². The number of ether oxygens (including phenoxy) is 1. The summed E-state index contributed by atoms with van der Waals surface area (Å²) in [5, 5.41) is 6.65. The van der Waals surface area contributed by atoms with Crippen molar-refractivity contribution in [2.24, 2.45) is 4.99 Å². The van der Waals surface area contributed by atoms with Gasteiger partial charge >= 0.3 is 6.18 Å². The minimum absolute atomic E-state index is 0. The zero-order valence-electron chi connectivity index (χ0n) is 18.9. The van der Waals surface area contributed by atoms with E-state index in [-0.39, 0.29) is 35.9 Å². The minimum Gasteiger partial charge on any atom is -0.468 e. The number of pyridine rings is 1. The molecular formula is C23H31F3IN5O. The monoisotopic (exact) mass is 577 g/mol. The molecule has 1 atom stereocenters. The molecule has 0 radical (unpaired) electrons. The molecule has 2 heterocycles. The number of anilines is 1. The third kappa shape index (κ3) is 8.90. The smallest absolute Gasteiger partial charge is 0.422 e. The number of hydrogen-bond donors (Lipinski definition) is 2. The van der Waals surface area contributed by atoms with Crippen LogP contribution in [0.3, 0.4) is 0 Å². The summed E-state index contributed by atoms with van der Waals surface area (Å²) in [6, 6.07) is 11.7. The fraction of sp³-hybridized carbons (Fsp3) is 0.478. The molecule has 33 heavy (non-hydrogen) atoms. The van der Waals surface area contributed by atoms with Gasteiger partial charge in [-0.1, -0.05) is 18.2 Å². The van der Waals surface area contributed by atoms with Gasteiger partial charge in [0.05, 0.1) is 12.6 Å². The Morgan fingerprint density at radius 2 is 1.97 bits per heavy atom. The first-order valence-corrected chi connectivity index (χ1v) is 10.9. The number of nitrogens with zero attached hydrogens (tertiary/aromatic N) is 3. The molecule has 1 unspecified atom stereocenters. The third-order valence-electron chi connectivity index (χ3n) is 5.14. The van der Waals surface area contributed by atoms with Gasteiger partial charge in [0.1, 0.15) is 0 Å². The molecule has 3 rings (SSSR count). The van der Waals surface area contributed by atoms with Crippen LogP contribution in [0, 0.1) is 0 Å². The van der Waals surface area contributed by atoms with E-state index in [4.69, 9.17) is 0 Å². The maximum Gasteiger partial charge on any atom is 0.422 e. The average molecular weight is 577 g/mol. The van der Waals surface area contributed by atoms with Crippen molar-refractivity contribution in [2.75, 3.05) is 31.1 Å². The van der Waals surface area contributed by atoms with Gasteiger partial charge in [-0.15, -0.1) is 24.0 Å².